The van der Waals surface area contributed by atoms with E-state index in [9.17, 15) is 9.18 Å². The first-order valence-electron chi connectivity index (χ1n) is 5.05. The molecule has 1 aliphatic heterocycles. The fourth-order valence-corrected chi connectivity index (χ4v) is 1.64. The maximum absolute atomic E-state index is 13.7. The van der Waals surface area contributed by atoms with Gasteiger partial charge in [-0.25, -0.2) is 4.39 Å². The third-order valence-electron chi connectivity index (χ3n) is 2.42. The maximum Gasteiger partial charge on any atom is 0.253 e. The number of anilines is 2. The van der Waals surface area contributed by atoms with Crippen LogP contribution < -0.4 is 15.5 Å². The number of hydrogen-bond donors (Lipinski definition) is 2. The van der Waals surface area contributed by atoms with Gasteiger partial charge in [0.2, 0.25) is 0 Å². The van der Waals surface area contributed by atoms with Crippen LogP contribution in [0.1, 0.15) is 0 Å². The molecular weight excluding hydrogens is 227 g/mol. The van der Waals surface area contributed by atoms with Crippen LogP contribution in [0.2, 0.25) is 0 Å². The Morgan fingerprint density at radius 2 is 2.35 bits per heavy atom. The Bertz CT molecular complexity index is 452. The molecule has 0 atom stereocenters. The molecular formula is C10H11FN4O2. The van der Waals surface area contributed by atoms with E-state index in [-0.39, 0.29) is 18.2 Å². The molecule has 1 aromatic rings. The Morgan fingerprint density at radius 3 is 3.00 bits per heavy atom. The SMILES string of the molecule is [N-]=[NH+]Nc1ccc(N2CCOCC2=O)c(F)c1. The van der Waals surface area contributed by atoms with Gasteiger partial charge in [-0.15, -0.1) is 0 Å². The number of amides is 1. The Morgan fingerprint density at radius 1 is 1.53 bits per heavy atom. The lowest BCUT2D eigenvalue weighted by molar-refractivity contribution is -0.444. The van der Waals surface area contributed by atoms with Gasteiger partial charge in [-0.3, -0.25) is 10.2 Å². The van der Waals surface area contributed by atoms with E-state index in [0.29, 0.717) is 18.8 Å². The molecule has 1 saturated heterocycles. The molecule has 2 N–H and O–H groups in total. The molecule has 90 valence electrons. The molecule has 17 heavy (non-hydrogen) atoms. The van der Waals surface area contributed by atoms with Crippen LogP contribution in [0.15, 0.2) is 18.2 Å². The summed E-state index contributed by atoms with van der Waals surface area (Å²) in [7, 11) is 0. The summed E-state index contributed by atoms with van der Waals surface area (Å²) in [6.45, 7) is 0.696. The molecule has 1 heterocycles. The van der Waals surface area contributed by atoms with Crippen molar-refractivity contribution in [2.45, 2.75) is 0 Å². The molecule has 7 heteroatoms. The molecule has 6 nitrogen and oxygen atoms in total. The van der Waals surface area contributed by atoms with Crippen molar-refractivity contribution in [2.24, 2.45) is 0 Å². The van der Waals surface area contributed by atoms with Crippen LogP contribution in [0.4, 0.5) is 15.8 Å². The van der Waals surface area contributed by atoms with Gasteiger partial charge < -0.3 is 9.64 Å². The highest BCUT2D eigenvalue weighted by Gasteiger charge is 2.22. The van der Waals surface area contributed by atoms with E-state index < -0.39 is 5.82 Å². The number of hydrogen-bond acceptors (Lipinski definition) is 2. The van der Waals surface area contributed by atoms with Gasteiger partial charge in [0, 0.05) is 12.2 Å². The number of morpholine rings is 1. The molecule has 0 unspecified atom stereocenters. The number of hydrazine groups is 1. The lowest BCUT2D eigenvalue weighted by Gasteiger charge is -2.27. The summed E-state index contributed by atoms with van der Waals surface area (Å²) in [6, 6.07) is 4.20. The number of benzene rings is 1. The van der Waals surface area contributed by atoms with Crippen LogP contribution in [-0.4, -0.2) is 25.7 Å². The van der Waals surface area contributed by atoms with Crippen LogP contribution in [0.25, 0.3) is 5.53 Å². The van der Waals surface area contributed by atoms with Crippen LogP contribution in [0, 0.1) is 5.82 Å². The standard InChI is InChI=1S/C10H11FN4O2/c11-8-5-7(13-14-12)1-2-9(8)15-3-4-17-6-10(15)16/h1-2,5H,3-4,6H2,(H2-,12,13,14,16). The van der Waals surface area contributed by atoms with Crippen molar-refractivity contribution >= 4 is 17.3 Å². The third kappa shape index (κ3) is 2.39. The smallest absolute Gasteiger partial charge is 0.253 e. The summed E-state index contributed by atoms with van der Waals surface area (Å²) in [5, 5.41) is 1.70. The van der Waals surface area contributed by atoms with Gasteiger partial charge in [-0.1, -0.05) is 6.07 Å². The van der Waals surface area contributed by atoms with E-state index in [1.807, 2.05) is 0 Å². The van der Waals surface area contributed by atoms with Gasteiger partial charge in [0.25, 0.3) is 5.91 Å². The second-order valence-electron chi connectivity index (χ2n) is 3.50. The van der Waals surface area contributed by atoms with E-state index in [1.54, 1.807) is 11.3 Å². The molecule has 0 bridgehead atoms. The fourth-order valence-electron chi connectivity index (χ4n) is 1.64. The van der Waals surface area contributed by atoms with Gasteiger partial charge in [0.05, 0.1) is 12.3 Å². The Balaban J connectivity index is 2.26. The average Bonchev–Trinajstić information content (AvgIpc) is 2.31. The van der Waals surface area contributed by atoms with Gasteiger partial charge in [-0.2, -0.15) is 10.8 Å². The molecule has 1 aliphatic rings. The van der Waals surface area contributed by atoms with Crippen molar-refractivity contribution in [2.75, 3.05) is 30.1 Å². The fraction of sp³-hybridized carbons (Fsp3) is 0.300. The summed E-state index contributed by atoms with van der Waals surface area (Å²) in [5.74, 6) is -0.809. The minimum absolute atomic E-state index is 0.0301. The molecule has 0 radical (unpaired) electrons. The highest BCUT2D eigenvalue weighted by molar-refractivity contribution is 5.95. The van der Waals surface area contributed by atoms with E-state index in [0.717, 1.165) is 0 Å². The maximum atomic E-state index is 13.7. The van der Waals surface area contributed by atoms with Crippen molar-refractivity contribution in [3.63, 3.8) is 0 Å². The van der Waals surface area contributed by atoms with E-state index in [4.69, 9.17) is 10.3 Å². The zero-order valence-corrected chi connectivity index (χ0v) is 8.94. The molecule has 2 rings (SSSR count). The molecule has 1 amide bonds. The quantitative estimate of drug-likeness (QED) is 0.556. The van der Waals surface area contributed by atoms with Crippen molar-refractivity contribution in [1.82, 2.24) is 0 Å². The average molecular weight is 238 g/mol. The summed E-state index contributed by atoms with van der Waals surface area (Å²) >= 11 is 0. The molecule has 0 spiro atoms. The number of nitrogens with zero attached hydrogens (tertiary/aromatic N) is 2. The Kier molecular flexibility index (Phi) is 3.29. The Hall–Kier alpha value is -2.02. The van der Waals surface area contributed by atoms with Gasteiger partial charge >= 0.3 is 0 Å². The van der Waals surface area contributed by atoms with E-state index in [1.165, 1.54) is 17.0 Å². The number of halogens is 1. The summed E-state index contributed by atoms with van der Waals surface area (Å²) < 4.78 is 18.7. The summed E-state index contributed by atoms with van der Waals surface area (Å²) in [4.78, 5) is 12.9. The number of ether oxygens (including phenoxy) is 1. The third-order valence-corrected chi connectivity index (χ3v) is 2.42. The Labute approximate surface area is 96.8 Å². The zero-order chi connectivity index (χ0) is 12.3. The van der Waals surface area contributed by atoms with E-state index >= 15 is 0 Å². The van der Waals surface area contributed by atoms with Crippen LogP contribution >= 0.6 is 0 Å². The van der Waals surface area contributed by atoms with Crippen LogP contribution in [0.5, 0.6) is 0 Å². The topological polar surface area (TPSA) is 77.8 Å². The van der Waals surface area contributed by atoms with E-state index in [2.05, 4.69) is 5.43 Å². The first kappa shape index (κ1) is 11.5. The largest absolute Gasteiger partial charge is 0.370 e. The first-order chi connectivity index (χ1) is 8.22. The normalized spacial score (nSPS) is 15.8. The zero-order valence-electron chi connectivity index (χ0n) is 8.94. The van der Waals surface area contributed by atoms with Crippen LogP contribution in [0.3, 0.4) is 0 Å². The minimum atomic E-state index is -0.541. The second kappa shape index (κ2) is 4.88. The number of carbonyl (C=O) groups excluding carboxylic acids is 1. The van der Waals surface area contributed by atoms with Gasteiger partial charge in [0.1, 0.15) is 12.4 Å². The summed E-state index contributed by atoms with van der Waals surface area (Å²) in [6.07, 6.45) is 0. The lowest BCUT2D eigenvalue weighted by atomic mass is 10.2. The number of carbonyl (C=O) groups is 1. The molecule has 1 aromatic carbocycles. The van der Waals surface area contributed by atoms with Crippen molar-refractivity contribution < 1.29 is 19.1 Å². The van der Waals surface area contributed by atoms with Crippen molar-refractivity contribution in [3.8, 4) is 0 Å². The minimum Gasteiger partial charge on any atom is -0.370 e. The van der Waals surface area contributed by atoms with Gasteiger partial charge in [-0.05, 0) is 12.1 Å². The predicted molar refractivity (Wildman–Crippen MR) is 57.5 cm³/mol. The molecule has 0 saturated carbocycles. The first-order valence-corrected chi connectivity index (χ1v) is 5.05. The molecule has 0 aromatic heterocycles. The highest BCUT2D eigenvalue weighted by atomic mass is 19.1. The summed E-state index contributed by atoms with van der Waals surface area (Å²) in [5.41, 5.74) is 11.3. The second-order valence-corrected chi connectivity index (χ2v) is 3.50. The molecule has 1 fully saturated rings. The highest BCUT2D eigenvalue weighted by Crippen LogP contribution is 2.23. The number of rotatable bonds is 3. The van der Waals surface area contributed by atoms with Crippen LogP contribution in [-0.2, 0) is 9.53 Å². The molecule has 0 aliphatic carbocycles. The van der Waals surface area contributed by atoms with Crippen molar-refractivity contribution in [1.29, 1.82) is 0 Å². The van der Waals surface area contributed by atoms with Crippen molar-refractivity contribution in [3.05, 3.63) is 29.5 Å². The van der Waals surface area contributed by atoms with Gasteiger partial charge in [0.15, 0.2) is 0 Å². The predicted octanol–water partition coefficient (Wildman–Crippen LogP) is -0.382. The monoisotopic (exact) mass is 238 g/mol. The number of nitrogens with one attached hydrogen (secondary N) is 2. The lowest BCUT2D eigenvalue weighted by Crippen LogP contribution is -2.68.